The molecule has 0 aromatic heterocycles. The van der Waals surface area contributed by atoms with Crippen LogP contribution < -0.4 is 9.47 Å². The molecule has 1 radical (unpaired) electrons. The zero-order chi connectivity index (χ0) is 17.0. The van der Waals surface area contributed by atoms with E-state index >= 15 is 0 Å². The van der Waals surface area contributed by atoms with Crippen LogP contribution in [-0.2, 0) is 5.41 Å². The Bertz CT molecular complexity index is 727. The lowest BCUT2D eigenvalue weighted by molar-refractivity contribution is 0.452. The van der Waals surface area contributed by atoms with E-state index in [9.17, 15) is 0 Å². The first-order valence-electron chi connectivity index (χ1n) is 8.04. The molecule has 121 valence electrons. The number of benzene rings is 3. The van der Waals surface area contributed by atoms with E-state index in [0.29, 0.717) is 11.5 Å². The zero-order valence-electron chi connectivity index (χ0n) is 14.2. The van der Waals surface area contributed by atoms with E-state index in [1.165, 1.54) is 0 Å². The molecule has 0 aliphatic heterocycles. The van der Waals surface area contributed by atoms with Crippen LogP contribution in [0.3, 0.4) is 0 Å². The summed E-state index contributed by atoms with van der Waals surface area (Å²) in [7, 11) is 0. The second-order valence-electron chi connectivity index (χ2n) is 6.68. The van der Waals surface area contributed by atoms with E-state index in [4.69, 9.17) is 9.47 Å². The van der Waals surface area contributed by atoms with Crippen LogP contribution in [-0.4, -0.2) is 0 Å². The first kappa shape index (κ1) is 16.1. The van der Waals surface area contributed by atoms with Gasteiger partial charge in [0.15, 0.2) is 0 Å². The van der Waals surface area contributed by atoms with Gasteiger partial charge in [-0.1, -0.05) is 57.2 Å². The van der Waals surface area contributed by atoms with Crippen molar-refractivity contribution in [3.63, 3.8) is 0 Å². The Morgan fingerprint density at radius 2 is 1.08 bits per heavy atom. The molecule has 0 saturated carbocycles. The molecule has 3 rings (SSSR count). The summed E-state index contributed by atoms with van der Waals surface area (Å²) in [4.78, 5) is 0. The van der Waals surface area contributed by atoms with E-state index in [-0.39, 0.29) is 5.41 Å². The van der Waals surface area contributed by atoms with Crippen molar-refractivity contribution in [2.45, 2.75) is 26.2 Å². The minimum absolute atomic E-state index is 0.0152. The molecule has 0 amide bonds. The Morgan fingerprint density at radius 1 is 0.667 bits per heavy atom. The first-order valence-corrected chi connectivity index (χ1v) is 8.04. The maximum atomic E-state index is 5.96. The Kier molecular flexibility index (Phi) is 4.57. The van der Waals surface area contributed by atoms with Crippen molar-refractivity contribution < 1.29 is 9.47 Å². The topological polar surface area (TPSA) is 18.5 Å². The smallest absolute Gasteiger partial charge is 0.139 e. The molecule has 0 N–H and O–H groups in total. The van der Waals surface area contributed by atoms with Crippen molar-refractivity contribution >= 4 is 0 Å². The highest BCUT2D eigenvalue weighted by Crippen LogP contribution is 2.34. The molecule has 3 aromatic rings. The summed E-state index contributed by atoms with van der Waals surface area (Å²) in [6, 6.07) is 26.7. The molecule has 0 saturated heterocycles. The molecular weight excluding hydrogens is 296 g/mol. The van der Waals surface area contributed by atoms with Crippen LogP contribution in [0.25, 0.3) is 0 Å². The van der Waals surface area contributed by atoms with E-state index in [1.807, 2.05) is 72.8 Å². The molecular formula is C22H21O2. The lowest BCUT2D eigenvalue weighted by Crippen LogP contribution is -2.11. The highest BCUT2D eigenvalue weighted by Gasteiger charge is 2.17. The fourth-order valence-electron chi connectivity index (χ4n) is 2.29. The molecule has 24 heavy (non-hydrogen) atoms. The molecule has 2 heteroatoms. The third-order valence-corrected chi connectivity index (χ3v) is 3.63. The number of hydrogen-bond donors (Lipinski definition) is 0. The van der Waals surface area contributed by atoms with Crippen LogP contribution in [0.1, 0.15) is 26.3 Å². The van der Waals surface area contributed by atoms with Crippen LogP contribution in [0.5, 0.6) is 23.0 Å². The molecule has 0 aliphatic rings. The Labute approximate surface area is 143 Å². The standard InChI is InChI=1S/C22H21O2/c1-22(2,3)17-14-20(23-18-10-6-4-7-11-18)16-21(15-17)24-19-12-8-5-9-13-19/h4-15H,1-3H3. The van der Waals surface area contributed by atoms with Crippen molar-refractivity contribution in [1.29, 1.82) is 0 Å². The van der Waals surface area contributed by atoms with Crippen LogP contribution in [0.15, 0.2) is 72.8 Å². The molecule has 0 spiro atoms. The van der Waals surface area contributed by atoms with Crippen molar-refractivity contribution in [3.8, 4) is 23.0 Å². The van der Waals surface area contributed by atoms with Gasteiger partial charge < -0.3 is 9.47 Å². The van der Waals surface area contributed by atoms with Gasteiger partial charge in [-0.3, -0.25) is 0 Å². The minimum Gasteiger partial charge on any atom is -0.457 e. The fraction of sp³-hybridized carbons (Fsp3) is 0.182. The average Bonchev–Trinajstić information content (AvgIpc) is 2.56. The molecule has 3 aromatic carbocycles. The van der Waals surface area contributed by atoms with Gasteiger partial charge >= 0.3 is 0 Å². The summed E-state index contributed by atoms with van der Waals surface area (Å²) in [5, 5.41) is 0. The van der Waals surface area contributed by atoms with Gasteiger partial charge in [0, 0.05) is 0 Å². The summed E-state index contributed by atoms with van der Waals surface area (Å²) in [5.74, 6) is 2.87. The Balaban J connectivity index is 1.94. The molecule has 0 unspecified atom stereocenters. The van der Waals surface area contributed by atoms with E-state index in [2.05, 4.69) is 26.8 Å². The quantitative estimate of drug-likeness (QED) is 0.556. The summed E-state index contributed by atoms with van der Waals surface area (Å²) >= 11 is 0. The van der Waals surface area contributed by atoms with Gasteiger partial charge in [-0.05, 0) is 47.4 Å². The van der Waals surface area contributed by atoms with Gasteiger partial charge in [-0.2, -0.15) is 0 Å². The van der Waals surface area contributed by atoms with Crippen LogP contribution in [0.4, 0.5) is 0 Å². The third kappa shape index (κ3) is 4.17. The highest BCUT2D eigenvalue weighted by atomic mass is 16.5. The molecule has 0 fully saturated rings. The molecule has 0 atom stereocenters. The van der Waals surface area contributed by atoms with Gasteiger partial charge in [0.05, 0.1) is 6.07 Å². The maximum Gasteiger partial charge on any atom is 0.139 e. The number of hydrogen-bond acceptors (Lipinski definition) is 2. The summed E-state index contributed by atoms with van der Waals surface area (Å²) in [6.45, 7) is 6.50. The van der Waals surface area contributed by atoms with Crippen molar-refractivity contribution in [2.24, 2.45) is 0 Å². The van der Waals surface area contributed by atoms with Gasteiger partial charge in [0.25, 0.3) is 0 Å². The lowest BCUT2D eigenvalue weighted by Gasteiger charge is -2.21. The van der Waals surface area contributed by atoms with Crippen LogP contribution >= 0.6 is 0 Å². The number of rotatable bonds is 4. The number of para-hydroxylation sites is 2. The molecule has 0 bridgehead atoms. The van der Waals surface area contributed by atoms with Crippen LogP contribution in [0, 0.1) is 6.07 Å². The average molecular weight is 317 g/mol. The van der Waals surface area contributed by atoms with E-state index in [1.54, 1.807) is 0 Å². The molecule has 2 nitrogen and oxygen atoms in total. The minimum atomic E-state index is -0.0152. The SMILES string of the molecule is CC(C)(C)c1cc(Oc2ccccc2)[c]c(Oc2ccccc2)c1. The van der Waals surface area contributed by atoms with E-state index in [0.717, 1.165) is 17.1 Å². The predicted octanol–water partition coefficient (Wildman–Crippen LogP) is 6.37. The first-order chi connectivity index (χ1) is 11.5. The fourth-order valence-corrected chi connectivity index (χ4v) is 2.29. The van der Waals surface area contributed by atoms with Gasteiger partial charge in [-0.25, -0.2) is 0 Å². The monoisotopic (exact) mass is 317 g/mol. The van der Waals surface area contributed by atoms with Crippen LogP contribution in [0.2, 0.25) is 0 Å². The van der Waals surface area contributed by atoms with Gasteiger partial charge in [-0.15, -0.1) is 0 Å². The summed E-state index contributed by atoms with van der Waals surface area (Å²) in [5.41, 5.74) is 1.12. The highest BCUT2D eigenvalue weighted by molar-refractivity contribution is 5.43. The lowest BCUT2D eigenvalue weighted by atomic mass is 9.87. The normalized spacial score (nSPS) is 11.1. The predicted molar refractivity (Wildman–Crippen MR) is 97.0 cm³/mol. The molecule has 0 aliphatic carbocycles. The number of ether oxygens (including phenoxy) is 2. The molecule has 0 heterocycles. The Morgan fingerprint density at radius 3 is 1.46 bits per heavy atom. The van der Waals surface area contributed by atoms with E-state index < -0.39 is 0 Å². The van der Waals surface area contributed by atoms with Crippen molar-refractivity contribution in [3.05, 3.63) is 84.4 Å². The van der Waals surface area contributed by atoms with Gasteiger partial charge in [0.1, 0.15) is 23.0 Å². The largest absolute Gasteiger partial charge is 0.457 e. The summed E-state index contributed by atoms with van der Waals surface area (Å²) < 4.78 is 11.9. The third-order valence-electron chi connectivity index (χ3n) is 3.63. The summed E-state index contributed by atoms with van der Waals surface area (Å²) in [6.07, 6.45) is 0. The second kappa shape index (κ2) is 6.79. The zero-order valence-corrected chi connectivity index (χ0v) is 14.2. The Hall–Kier alpha value is -2.74. The van der Waals surface area contributed by atoms with Crippen molar-refractivity contribution in [1.82, 2.24) is 0 Å². The van der Waals surface area contributed by atoms with Crippen molar-refractivity contribution in [2.75, 3.05) is 0 Å². The van der Waals surface area contributed by atoms with Gasteiger partial charge in [0.2, 0.25) is 0 Å². The maximum absolute atomic E-state index is 5.96. The second-order valence-corrected chi connectivity index (χ2v) is 6.68.